The molecule has 0 atom stereocenters. The highest BCUT2D eigenvalue weighted by atomic mass is 32.1. The van der Waals surface area contributed by atoms with Gasteiger partial charge in [-0.2, -0.15) is 0 Å². The van der Waals surface area contributed by atoms with Crippen molar-refractivity contribution in [3.05, 3.63) is 72.1 Å². The lowest BCUT2D eigenvalue weighted by atomic mass is 10.1. The second-order valence-electron chi connectivity index (χ2n) is 5.64. The lowest BCUT2D eigenvalue weighted by Gasteiger charge is -2.14. The van der Waals surface area contributed by atoms with E-state index in [0.29, 0.717) is 5.69 Å². The van der Waals surface area contributed by atoms with Crippen LogP contribution in [-0.4, -0.2) is 5.91 Å². The Balaban J connectivity index is 1.78. The predicted molar refractivity (Wildman–Crippen MR) is 108 cm³/mol. The van der Waals surface area contributed by atoms with Crippen molar-refractivity contribution in [2.24, 2.45) is 0 Å². The van der Waals surface area contributed by atoms with E-state index in [1.165, 1.54) is 11.8 Å². The fourth-order valence-corrected chi connectivity index (χ4v) is 3.18. The highest BCUT2D eigenvalue weighted by Gasteiger charge is 2.07. The number of nitrogen functional groups attached to an aromatic ring is 1. The Morgan fingerprint density at radius 1 is 1.08 bits per heavy atom. The minimum absolute atomic E-state index is 0.0946. The zero-order chi connectivity index (χ0) is 17.8. The number of hydrogen-bond acceptors (Lipinski definition) is 4. The number of benzene rings is 2. The molecule has 0 bridgehead atoms. The smallest absolute Gasteiger partial charge is 0.221 e. The lowest BCUT2D eigenvalue weighted by Crippen LogP contribution is -2.06. The van der Waals surface area contributed by atoms with Gasteiger partial charge in [0.15, 0.2) is 0 Å². The molecule has 0 saturated heterocycles. The van der Waals surface area contributed by atoms with Crippen LogP contribution in [0.2, 0.25) is 0 Å². The van der Waals surface area contributed by atoms with Gasteiger partial charge in [0.05, 0.1) is 11.4 Å². The molecule has 1 amide bonds. The number of nitrogens with one attached hydrogen (secondary N) is 2. The second-order valence-corrected chi connectivity index (χ2v) is 6.59. The Morgan fingerprint density at radius 2 is 1.84 bits per heavy atom. The fraction of sp³-hybridized carbons (Fsp3) is 0.0500. The minimum atomic E-state index is -0.0946. The van der Waals surface area contributed by atoms with Crippen molar-refractivity contribution in [2.45, 2.75) is 6.92 Å². The molecule has 3 aromatic rings. The van der Waals surface area contributed by atoms with Crippen LogP contribution < -0.4 is 16.4 Å². The fourth-order valence-electron chi connectivity index (χ4n) is 2.45. The molecule has 4 N–H and O–H groups in total. The molecule has 0 spiro atoms. The number of anilines is 3. The number of nitrogens with two attached hydrogens (primary N) is 1. The van der Waals surface area contributed by atoms with Crippen molar-refractivity contribution in [1.82, 2.24) is 0 Å². The topological polar surface area (TPSA) is 67.2 Å². The Morgan fingerprint density at radius 3 is 2.48 bits per heavy atom. The van der Waals surface area contributed by atoms with Gasteiger partial charge in [-0.25, -0.2) is 0 Å². The van der Waals surface area contributed by atoms with Gasteiger partial charge in [0.25, 0.3) is 0 Å². The molecule has 0 saturated carbocycles. The van der Waals surface area contributed by atoms with Gasteiger partial charge in [-0.1, -0.05) is 30.8 Å². The van der Waals surface area contributed by atoms with Gasteiger partial charge in [-0.15, -0.1) is 11.3 Å². The van der Waals surface area contributed by atoms with E-state index in [0.717, 1.165) is 28.2 Å². The van der Waals surface area contributed by atoms with Gasteiger partial charge in [0.2, 0.25) is 5.91 Å². The van der Waals surface area contributed by atoms with E-state index in [2.05, 4.69) is 23.3 Å². The summed E-state index contributed by atoms with van der Waals surface area (Å²) in [5.41, 5.74) is 11.1. The standard InChI is InChI=1S/C20H19N3OS/c1-13(15-5-8-17(9-6-15)23-14(2)24)22-19-12-16(7-10-18(19)21)20-4-3-11-25-20/h3-12,22H,1,21H2,2H3,(H,23,24). The normalized spacial score (nSPS) is 10.3. The van der Waals surface area contributed by atoms with Crippen LogP contribution in [-0.2, 0) is 4.79 Å². The Kier molecular flexibility index (Phi) is 4.86. The van der Waals surface area contributed by atoms with Crippen molar-refractivity contribution < 1.29 is 4.79 Å². The third-order valence-electron chi connectivity index (χ3n) is 3.70. The molecule has 0 aliphatic heterocycles. The second kappa shape index (κ2) is 7.23. The van der Waals surface area contributed by atoms with E-state index in [9.17, 15) is 4.79 Å². The molecule has 4 nitrogen and oxygen atoms in total. The Labute approximate surface area is 151 Å². The maximum atomic E-state index is 11.1. The molecule has 126 valence electrons. The summed E-state index contributed by atoms with van der Waals surface area (Å²) >= 11 is 1.69. The zero-order valence-electron chi connectivity index (χ0n) is 13.9. The first-order valence-electron chi connectivity index (χ1n) is 7.80. The first-order valence-corrected chi connectivity index (χ1v) is 8.68. The number of carbonyl (C=O) groups excluding carboxylic acids is 1. The molecule has 0 radical (unpaired) electrons. The highest BCUT2D eigenvalue weighted by molar-refractivity contribution is 7.13. The third kappa shape index (κ3) is 4.08. The van der Waals surface area contributed by atoms with Gasteiger partial charge in [-0.05, 0) is 46.8 Å². The molecule has 3 rings (SSSR count). The molecule has 0 unspecified atom stereocenters. The molecule has 0 aliphatic carbocycles. The maximum absolute atomic E-state index is 11.1. The van der Waals surface area contributed by atoms with Gasteiger partial charge < -0.3 is 16.4 Å². The molecule has 1 heterocycles. The van der Waals surface area contributed by atoms with E-state index in [-0.39, 0.29) is 5.91 Å². The molecule has 0 aliphatic rings. The molecule has 1 aromatic heterocycles. The van der Waals surface area contributed by atoms with Crippen LogP contribution in [0.25, 0.3) is 16.1 Å². The van der Waals surface area contributed by atoms with Crippen LogP contribution in [0.15, 0.2) is 66.6 Å². The molecule has 0 fully saturated rings. The van der Waals surface area contributed by atoms with Crippen molar-refractivity contribution in [3.63, 3.8) is 0 Å². The van der Waals surface area contributed by atoms with Crippen LogP contribution in [0.1, 0.15) is 12.5 Å². The summed E-state index contributed by atoms with van der Waals surface area (Å²) in [4.78, 5) is 12.3. The summed E-state index contributed by atoms with van der Waals surface area (Å²) < 4.78 is 0. The highest BCUT2D eigenvalue weighted by Crippen LogP contribution is 2.31. The quantitative estimate of drug-likeness (QED) is 0.565. The van der Waals surface area contributed by atoms with Crippen molar-refractivity contribution in [3.8, 4) is 10.4 Å². The van der Waals surface area contributed by atoms with E-state index in [4.69, 9.17) is 5.73 Å². The average Bonchev–Trinajstić information content (AvgIpc) is 3.11. The zero-order valence-corrected chi connectivity index (χ0v) is 14.7. The van der Waals surface area contributed by atoms with Crippen LogP contribution in [0, 0.1) is 0 Å². The van der Waals surface area contributed by atoms with E-state index in [1.54, 1.807) is 11.3 Å². The van der Waals surface area contributed by atoms with Crippen LogP contribution >= 0.6 is 11.3 Å². The van der Waals surface area contributed by atoms with Crippen molar-refractivity contribution in [2.75, 3.05) is 16.4 Å². The monoisotopic (exact) mass is 349 g/mol. The van der Waals surface area contributed by atoms with Gasteiger partial charge >= 0.3 is 0 Å². The van der Waals surface area contributed by atoms with Crippen LogP contribution in [0.4, 0.5) is 17.1 Å². The first-order chi connectivity index (χ1) is 12.0. The minimum Gasteiger partial charge on any atom is -0.397 e. The SMILES string of the molecule is C=C(Nc1cc(-c2cccs2)ccc1N)c1ccc(NC(C)=O)cc1. The summed E-state index contributed by atoms with van der Waals surface area (Å²) in [6.45, 7) is 5.58. The van der Waals surface area contributed by atoms with E-state index >= 15 is 0 Å². The first kappa shape index (κ1) is 16.8. The summed E-state index contributed by atoms with van der Waals surface area (Å²) in [7, 11) is 0. The summed E-state index contributed by atoms with van der Waals surface area (Å²) in [6, 6.07) is 17.5. The molecular formula is C20H19N3OS. The van der Waals surface area contributed by atoms with E-state index < -0.39 is 0 Å². The Hall–Kier alpha value is -3.05. The van der Waals surface area contributed by atoms with Crippen LogP contribution in [0.5, 0.6) is 0 Å². The van der Waals surface area contributed by atoms with Gasteiger partial charge in [0.1, 0.15) is 0 Å². The average molecular weight is 349 g/mol. The van der Waals surface area contributed by atoms with Crippen molar-refractivity contribution >= 4 is 40.0 Å². The number of carbonyl (C=O) groups is 1. The Bertz CT molecular complexity index is 899. The number of amides is 1. The van der Waals surface area contributed by atoms with E-state index in [1.807, 2.05) is 53.9 Å². The number of rotatable bonds is 5. The number of thiophene rings is 1. The number of hydrogen-bond donors (Lipinski definition) is 3. The maximum Gasteiger partial charge on any atom is 0.221 e. The third-order valence-corrected chi connectivity index (χ3v) is 4.62. The van der Waals surface area contributed by atoms with Crippen molar-refractivity contribution in [1.29, 1.82) is 0 Å². The summed E-state index contributed by atoms with van der Waals surface area (Å²) in [5.74, 6) is -0.0946. The largest absolute Gasteiger partial charge is 0.397 e. The van der Waals surface area contributed by atoms with Gasteiger partial charge in [0, 0.05) is 23.2 Å². The summed E-state index contributed by atoms with van der Waals surface area (Å²) in [5, 5.41) is 8.08. The summed E-state index contributed by atoms with van der Waals surface area (Å²) in [6.07, 6.45) is 0. The molecular weight excluding hydrogens is 330 g/mol. The lowest BCUT2D eigenvalue weighted by molar-refractivity contribution is -0.114. The molecule has 2 aromatic carbocycles. The van der Waals surface area contributed by atoms with Gasteiger partial charge in [-0.3, -0.25) is 4.79 Å². The molecule has 25 heavy (non-hydrogen) atoms. The molecule has 5 heteroatoms. The van der Waals surface area contributed by atoms with Crippen LogP contribution in [0.3, 0.4) is 0 Å². The predicted octanol–water partition coefficient (Wildman–Crippen LogP) is 5.04.